The van der Waals surface area contributed by atoms with Gasteiger partial charge in [-0.15, -0.1) is 0 Å². The van der Waals surface area contributed by atoms with Crippen molar-refractivity contribution in [2.75, 3.05) is 25.0 Å². The van der Waals surface area contributed by atoms with Gasteiger partial charge in [0.1, 0.15) is 5.82 Å². The molecule has 1 saturated heterocycles. The van der Waals surface area contributed by atoms with Gasteiger partial charge in [0, 0.05) is 24.8 Å². The Morgan fingerprint density at radius 1 is 1.41 bits per heavy atom. The van der Waals surface area contributed by atoms with E-state index in [-0.39, 0.29) is 5.82 Å². The number of aryl methyl sites for hydroxylation is 1. The molecule has 0 saturated carbocycles. The van der Waals surface area contributed by atoms with Crippen molar-refractivity contribution in [1.82, 2.24) is 5.32 Å². The van der Waals surface area contributed by atoms with Crippen LogP contribution in [0.15, 0.2) is 18.2 Å². The van der Waals surface area contributed by atoms with Crippen molar-refractivity contribution in [1.29, 1.82) is 0 Å². The zero-order valence-electron chi connectivity index (χ0n) is 10.8. The maximum Gasteiger partial charge on any atom is 0.123 e. The molecule has 0 amide bonds. The van der Waals surface area contributed by atoms with Gasteiger partial charge < -0.3 is 10.2 Å². The van der Waals surface area contributed by atoms with Gasteiger partial charge >= 0.3 is 0 Å². The first-order valence-electron chi connectivity index (χ1n) is 6.30. The normalized spacial score (nSPS) is 25.1. The summed E-state index contributed by atoms with van der Waals surface area (Å²) in [5.41, 5.74) is 2.20. The Morgan fingerprint density at radius 3 is 2.76 bits per heavy atom. The smallest absolute Gasteiger partial charge is 0.123 e. The number of rotatable bonds is 2. The Bertz CT molecular complexity index is 392. The lowest BCUT2D eigenvalue weighted by molar-refractivity contribution is 0.338. The quantitative estimate of drug-likeness (QED) is 0.849. The van der Waals surface area contributed by atoms with E-state index in [1.54, 1.807) is 12.1 Å². The zero-order valence-corrected chi connectivity index (χ0v) is 10.8. The fourth-order valence-corrected chi connectivity index (χ4v) is 2.77. The van der Waals surface area contributed by atoms with Gasteiger partial charge in [0.25, 0.3) is 0 Å². The third-order valence-corrected chi connectivity index (χ3v) is 3.78. The molecule has 2 nitrogen and oxygen atoms in total. The summed E-state index contributed by atoms with van der Waals surface area (Å²) in [6.45, 7) is 6.33. The molecule has 3 heteroatoms. The van der Waals surface area contributed by atoms with Crippen molar-refractivity contribution < 1.29 is 4.39 Å². The molecule has 94 valence electrons. The SMILES string of the molecule is CNC1CCN(c2ccc(F)cc2C)CC1C. The predicted octanol–water partition coefficient (Wildman–Crippen LogP) is 2.57. The van der Waals surface area contributed by atoms with Gasteiger partial charge in [0.05, 0.1) is 0 Å². The summed E-state index contributed by atoms with van der Waals surface area (Å²) in [6, 6.07) is 5.67. The van der Waals surface area contributed by atoms with Crippen LogP contribution in [0.1, 0.15) is 18.9 Å². The van der Waals surface area contributed by atoms with Crippen LogP contribution in [0, 0.1) is 18.7 Å². The molecule has 1 heterocycles. The van der Waals surface area contributed by atoms with Gasteiger partial charge in [-0.3, -0.25) is 0 Å². The molecule has 0 radical (unpaired) electrons. The van der Waals surface area contributed by atoms with Gasteiger partial charge in [-0.05, 0) is 50.1 Å². The lowest BCUT2D eigenvalue weighted by atomic mass is 9.93. The van der Waals surface area contributed by atoms with Crippen LogP contribution in [0.4, 0.5) is 10.1 Å². The molecule has 2 rings (SSSR count). The highest BCUT2D eigenvalue weighted by atomic mass is 19.1. The average Bonchev–Trinajstić information content (AvgIpc) is 2.29. The van der Waals surface area contributed by atoms with Crippen LogP contribution >= 0.6 is 0 Å². The van der Waals surface area contributed by atoms with E-state index in [2.05, 4.69) is 17.1 Å². The maximum atomic E-state index is 13.1. The topological polar surface area (TPSA) is 15.3 Å². The van der Waals surface area contributed by atoms with Crippen LogP contribution in [0.3, 0.4) is 0 Å². The second kappa shape index (κ2) is 5.05. The van der Waals surface area contributed by atoms with Gasteiger partial charge in [-0.1, -0.05) is 6.92 Å². The van der Waals surface area contributed by atoms with Crippen molar-refractivity contribution in [3.8, 4) is 0 Å². The van der Waals surface area contributed by atoms with Gasteiger partial charge in [-0.2, -0.15) is 0 Å². The summed E-state index contributed by atoms with van der Waals surface area (Å²) in [6.07, 6.45) is 1.15. The van der Waals surface area contributed by atoms with Crippen molar-refractivity contribution in [2.24, 2.45) is 5.92 Å². The monoisotopic (exact) mass is 236 g/mol. The lowest BCUT2D eigenvalue weighted by Gasteiger charge is -2.38. The number of halogens is 1. The number of piperidine rings is 1. The van der Waals surface area contributed by atoms with E-state index in [4.69, 9.17) is 0 Å². The Balaban J connectivity index is 2.14. The van der Waals surface area contributed by atoms with E-state index in [1.165, 1.54) is 5.69 Å². The highest BCUT2D eigenvalue weighted by Crippen LogP contribution is 2.26. The molecule has 1 aromatic rings. The van der Waals surface area contributed by atoms with Gasteiger partial charge in [0.2, 0.25) is 0 Å². The summed E-state index contributed by atoms with van der Waals surface area (Å²) in [7, 11) is 2.03. The van der Waals surface area contributed by atoms with Crippen molar-refractivity contribution in [3.63, 3.8) is 0 Å². The van der Waals surface area contributed by atoms with Crippen molar-refractivity contribution in [2.45, 2.75) is 26.3 Å². The molecule has 2 atom stereocenters. The first-order valence-corrected chi connectivity index (χ1v) is 6.30. The number of hydrogen-bond donors (Lipinski definition) is 1. The highest BCUT2D eigenvalue weighted by molar-refractivity contribution is 5.53. The molecular weight excluding hydrogens is 215 g/mol. The molecule has 1 aliphatic rings. The molecule has 1 aliphatic heterocycles. The van der Waals surface area contributed by atoms with E-state index in [0.29, 0.717) is 12.0 Å². The molecule has 17 heavy (non-hydrogen) atoms. The molecular formula is C14H21FN2. The first kappa shape index (κ1) is 12.4. The van der Waals surface area contributed by atoms with Crippen molar-refractivity contribution >= 4 is 5.69 Å². The zero-order chi connectivity index (χ0) is 12.4. The van der Waals surface area contributed by atoms with Crippen LogP contribution in [-0.2, 0) is 0 Å². The molecule has 1 aromatic carbocycles. The highest BCUT2D eigenvalue weighted by Gasteiger charge is 2.25. The summed E-state index contributed by atoms with van der Waals surface area (Å²) in [5, 5.41) is 3.36. The number of benzene rings is 1. The van der Waals surface area contributed by atoms with E-state index in [9.17, 15) is 4.39 Å². The van der Waals surface area contributed by atoms with E-state index in [0.717, 1.165) is 25.1 Å². The summed E-state index contributed by atoms with van der Waals surface area (Å²) in [5.74, 6) is 0.475. The van der Waals surface area contributed by atoms with E-state index >= 15 is 0 Å². The molecule has 0 aromatic heterocycles. The van der Waals surface area contributed by atoms with Crippen LogP contribution in [0.5, 0.6) is 0 Å². The maximum absolute atomic E-state index is 13.1. The minimum atomic E-state index is -0.149. The standard InChI is InChI=1S/C14H21FN2/c1-10-8-12(15)4-5-14(10)17-7-6-13(16-3)11(2)9-17/h4-5,8,11,13,16H,6-7,9H2,1-3H3. The Hall–Kier alpha value is -1.09. The Morgan fingerprint density at radius 2 is 2.18 bits per heavy atom. The molecule has 1 fully saturated rings. The second-order valence-electron chi connectivity index (χ2n) is 5.04. The predicted molar refractivity (Wildman–Crippen MR) is 70.0 cm³/mol. The van der Waals surface area contributed by atoms with E-state index in [1.807, 2.05) is 20.0 Å². The summed E-state index contributed by atoms with van der Waals surface area (Å²) in [4.78, 5) is 2.37. The molecule has 0 bridgehead atoms. The Kier molecular flexibility index (Phi) is 3.67. The first-order chi connectivity index (χ1) is 8.11. The molecule has 1 N–H and O–H groups in total. The third kappa shape index (κ3) is 2.60. The number of anilines is 1. The van der Waals surface area contributed by atoms with Crippen LogP contribution in [0.2, 0.25) is 0 Å². The summed E-state index contributed by atoms with van der Waals surface area (Å²) >= 11 is 0. The fourth-order valence-electron chi connectivity index (χ4n) is 2.77. The van der Waals surface area contributed by atoms with Crippen LogP contribution in [0.25, 0.3) is 0 Å². The number of nitrogens with one attached hydrogen (secondary N) is 1. The van der Waals surface area contributed by atoms with Crippen LogP contribution in [-0.4, -0.2) is 26.2 Å². The molecule has 0 aliphatic carbocycles. The summed E-state index contributed by atoms with van der Waals surface area (Å²) < 4.78 is 13.1. The largest absolute Gasteiger partial charge is 0.371 e. The molecule has 0 spiro atoms. The fraction of sp³-hybridized carbons (Fsp3) is 0.571. The van der Waals surface area contributed by atoms with Gasteiger partial charge in [0.15, 0.2) is 0 Å². The molecule has 2 unspecified atom stereocenters. The van der Waals surface area contributed by atoms with Crippen molar-refractivity contribution in [3.05, 3.63) is 29.6 Å². The third-order valence-electron chi connectivity index (χ3n) is 3.78. The number of hydrogen-bond acceptors (Lipinski definition) is 2. The minimum Gasteiger partial charge on any atom is -0.371 e. The van der Waals surface area contributed by atoms with E-state index < -0.39 is 0 Å². The minimum absolute atomic E-state index is 0.149. The van der Waals surface area contributed by atoms with Gasteiger partial charge in [-0.25, -0.2) is 4.39 Å². The second-order valence-corrected chi connectivity index (χ2v) is 5.04. The Labute approximate surface area is 103 Å². The lowest BCUT2D eigenvalue weighted by Crippen LogP contribution is -2.47. The van der Waals surface area contributed by atoms with Crippen LogP contribution < -0.4 is 10.2 Å². The number of nitrogens with zero attached hydrogens (tertiary/aromatic N) is 1. The average molecular weight is 236 g/mol.